The smallest absolute Gasteiger partial charge is 0.123 e. The van der Waals surface area contributed by atoms with E-state index in [4.69, 9.17) is 9.97 Å². The van der Waals surface area contributed by atoms with E-state index in [1.165, 1.54) is 12.1 Å². The fourth-order valence-electron chi connectivity index (χ4n) is 4.05. The minimum atomic E-state index is -0.286. The lowest BCUT2D eigenvalue weighted by Crippen LogP contribution is -2.01. The van der Waals surface area contributed by atoms with Crippen LogP contribution in [0.15, 0.2) is 109 Å². The van der Waals surface area contributed by atoms with E-state index in [1.807, 2.05) is 60.8 Å². The lowest BCUT2D eigenvalue weighted by Gasteiger charge is -2.12. The molecule has 0 aliphatic rings. The second-order valence-corrected chi connectivity index (χ2v) is 8.34. The van der Waals surface area contributed by atoms with Crippen molar-refractivity contribution < 1.29 is 4.39 Å². The van der Waals surface area contributed by atoms with Crippen LogP contribution in [0.5, 0.6) is 0 Å². The third kappa shape index (κ3) is 4.42. The van der Waals surface area contributed by atoms with Gasteiger partial charge in [0.15, 0.2) is 0 Å². The zero-order valence-corrected chi connectivity index (χ0v) is 19.2. The summed E-state index contributed by atoms with van der Waals surface area (Å²) >= 11 is 0. The molecule has 0 radical (unpaired) electrons. The molecule has 0 spiro atoms. The van der Waals surface area contributed by atoms with E-state index in [-0.39, 0.29) is 5.82 Å². The molecule has 0 bridgehead atoms. The summed E-state index contributed by atoms with van der Waals surface area (Å²) in [6, 6.07) is 32.3. The number of hydrogen-bond donors (Lipinski definition) is 1. The van der Waals surface area contributed by atoms with Gasteiger partial charge in [0, 0.05) is 16.8 Å². The van der Waals surface area contributed by atoms with Crippen molar-refractivity contribution in [1.82, 2.24) is 25.0 Å². The molecule has 0 fully saturated rings. The van der Waals surface area contributed by atoms with Crippen molar-refractivity contribution in [3.05, 3.63) is 121 Å². The van der Waals surface area contributed by atoms with E-state index in [1.54, 1.807) is 16.8 Å². The highest BCUT2D eigenvalue weighted by Gasteiger charge is 2.13. The average Bonchev–Trinajstić information content (AvgIpc) is 3.41. The molecule has 0 aliphatic carbocycles. The number of nitrogens with zero attached hydrogens (tertiary/aromatic N) is 5. The summed E-state index contributed by atoms with van der Waals surface area (Å²) in [6.45, 7) is 0.480. The summed E-state index contributed by atoms with van der Waals surface area (Å²) < 4.78 is 14.8. The Morgan fingerprint density at radius 2 is 1.33 bits per heavy atom. The molecule has 6 aromatic rings. The summed E-state index contributed by atoms with van der Waals surface area (Å²) in [4.78, 5) is 10.0. The predicted octanol–water partition coefficient (Wildman–Crippen LogP) is 6.30. The van der Waals surface area contributed by atoms with Gasteiger partial charge in [0.05, 0.1) is 40.9 Å². The van der Waals surface area contributed by atoms with Gasteiger partial charge in [0.2, 0.25) is 0 Å². The molecule has 0 unspecified atom stereocenters. The molecule has 2 heterocycles. The Morgan fingerprint density at radius 1 is 0.694 bits per heavy atom. The lowest BCUT2D eigenvalue weighted by molar-refractivity contribution is 0.626. The fourth-order valence-corrected chi connectivity index (χ4v) is 4.05. The van der Waals surface area contributed by atoms with Crippen molar-refractivity contribution in [2.24, 2.45) is 0 Å². The van der Waals surface area contributed by atoms with E-state index in [0.29, 0.717) is 6.54 Å². The molecule has 0 amide bonds. The van der Waals surface area contributed by atoms with Gasteiger partial charge in [-0.3, -0.25) is 0 Å². The Hall–Kier alpha value is -4.91. The van der Waals surface area contributed by atoms with Crippen molar-refractivity contribution in [3.8, 4) is 28.2 Å². The van der Waals surface area contributed by atoms with Crippen LogP contribution >= 0.6 is 0 Å². The highest BCUT2D eigenvalue weighted by molar-refractivity contribution is 5.87. The highest BCUT2D eigenvalue weighted by Crippen LogP contribution is 2.31. The van der Waals surface area contributed by atoms with Crippen molar-refractivity contribution in [1.29, 1.82) is 0 Å². The molecule has 2 aromatic heterocycles. The summed E-state index contributed by atoms with van der Waals surface area (Å²) in [7, 11) is 0. The third-order valence-electron chi connectivity index (χ3n) is 5.86. The van der Waals surface area contributed by atoms with Gasteiger partial charge in [-0.1, -0.05) is 65.9 Å². The maximum absolute atomic E-state index is 13.2. The Morgan fingerprint density at radius 3 is 2.00 bits per heavy atom. The van der Waals surface area contributed by atoms with Crippen molar-refractivity contribution in [2.75, 3.05) is 5.32 Å². The average molecular weight is 473 g/mol. The van der Waals surface area contributed by atoms with E-state index in [0.717, 1.165) is 50.6 Å². The van der Waals surface area contributed by atoms with Crippen LogP contribution < -0.4 is 5.32 Å². The summed E-state index contributed by atoms with van der Waals surface area (Å²) in [5.74, 6) is -0.286. The van der Waals surface area contributed by atoms with Gasteiger partial charge in [-0.15, -0.1) is 5.10 Å². The molecule has 36 heavy (non-hydrogen) atoms. The molecule has 0 saturated carbocycles. The van der Waals surface area contributed by atoms with Gasteiger partial charge in [-0.05, 0) is 42.5 Å². The molecule has 1 N–H and O–H groups in total. The zero-order valence-electron chi connectivity index (χ0n) is 19.2. The van der Waals surface area contributed by atoms with Crippen LogP contribution in [-0.2, 0) is 6.54 Å². The molecule has 4 aromatic carbocycles. The Labute approximate surface area is 207 Å². The molecule has 7 heteroatoms. The van der Waals surface area contributed by atoms with Crippen LogP contribution in [0.3, 0.4) is 0 Å². The van der Waals surface area contributed by atoms with Crippen molar-refractivity contribution in [3.63, 3.8) is 0 Å². The maximum Gasteiger partial charge on any atom is 0.123 e. The van der Waals surface area contributed by atoms with Crippen molar-refractivity contribution >= 4 is 16.7 Å². The Kier molecular flexibility index (Phi) is 5.63. The first-order valence-electron chi connectivity index (χ1n) is 11.6. The quantitative estimate of drug-likeness (QED) is 0.308. The van der Waals surface area contributed by atoms with Crippen LogP contribution in [-0.4, -0.2) is 25.0 Å². The van der Waals surface area contributed by atoms with Gasteiger partial charge in [0.1, 0.15) is 11.5 Å². The van der Waals surface area contributed by atoms with Crippen molar-refractivity contribution in [2.45, 2.75) is 6.54 Å². The first-order chi connectivity index (χ1) is 17.7. The minimum Gasteiger partial charge on any atom is -0.379 e. The highest BCUT2D eigenvalue weighted by atomic mass is 19.1. The molecule has 0 atom stereocenters. The number of anilines is 1. The molecule has 0 aliphatic heterocycles. The number of hydrogen-bond acceptors (Lipinski definition) is 5. The molecular formula is C29H21FN6. The molecule has 6 nitrogen and oxygen atoms in total. The Balaban J connectivity index is 1.30. The second-order valence-electron chi connectivity index (χ2n) is 8.34. The van der Waals surface area contributed by atoms with Crippen LogP contribution in [0.4, 0.5) is 10.1 Å². The van der Waals surface area contributed by atoms with Gasteiger partial charge < -0.3 is 5.32 Å². The first kappa shape index (κ1) is 21.6. The summed E-state index contributed by atoms with van der Waals surface area (Å²) in [6.07, 6.45) is 1.82. The molecule has 6 rings (SSSR count). The van der Waals surface area contributed by atoms with E-state index >= 15 is 0 Å². The standard InChI is InChI=1S/C29H21FN6/c30-22-11-14-25(15-12-22)36-19-24(34-35-36)18-31-23-13-16-26-27(17-23)33-29(21-9-5-2-6-10-21)28(32-26)20-7-3-1-4-8-20/h1-17,19,31H,18H2. The largest absolute Gasteiger partial charge is 0.379 e. The number of aromatic nitrogens is 5. The lowest BCUT2D eigenvalue weighted by atomic mass is 10.0. The molecular weight excluding hydrogens is 451 g/mol. The predicted molar refractivity (Wildman–Crippen MR) is 139 cm³/mol. The van der Waals surface area contributed by atoms with Crippen LogP contribution in [0.1, 0.15) is 5.69 Å². The fraction of sp³-hybridized carbons (Fsp3) is 0.0345. The van der Waals surface area contributed by atoms with E-state index in [2.05, 4.69) is 39.9 Å². The number of benzene rings is 4. The van der Waals surface area contributed by atoms with Crippen LogP contribution in [0.2, 0.25) is 0 Å². The number of rotatable bonds is 6. The minimum absolute atomic E-state index is 0.286. The topological polar surface area (TPSA) is 68.5 Å². The zero-order chi connectivity index (χ0) is 24.3. The monoisotopic (exact) mass is 472 g/mol. The first-order valence-corrected chi connectivity index (χ1v) is 11.6. The Bertz CT molecular complexity index is 1630. The van der Waals surface area contributed by atoms with Gasteiger partial charge in [0.25, 0.3) is 0 Å². The normalized spacial score (nSPS) is 11.0. The number of halogens is 1. The second kappa shape index (κ2) is 9.38. The summed E-state index contributed by atoms with van der Waals surface area (Å²) in [5, 5.41) is 11.8. The number of fused-ring (bicyclic) bond motifs is 1. The van der Waals surface area contributed by atoms with Crippen LogP contribution in [0, 0.1) is 5.82 Å². The van der Waals surface area contributed by atoms with Gasteiger partial charge >= 0.3 is 0 Å². The third-order valence-corrected chi connectivity index (χ3v) is 5.86. The SMILES string of the molecule is Fc1ccc(-n2cc(CNc3ccc4nc(-c5ccccc5)c(-c5ccccc5)nc4c3)nn2)cc1. The number of nitrogens with one attached hydrogen (secondary N) is 1. The maximum atomic E-state index is 13.2. The van der Waals surface area contributed by atoms with Crippen LogP contribution in [0.25, 0.3) is 39.2 Å². The molecule has 174 valence electrons. The van der Waals surface area contributed by atoms with Gasteiger partial charge in [-0.2, -0.15) is 0 Å². The van der Waals surface area contributed by atoms with E-state index < -0.39 is 0 Å². The van der Waals surface area contributed by atoms with E-state index in [9.17, 15) is 4.39 Å². The molecule has 0 saturated heterocycles. The summed E-state index contributed by atoms with van der Waals surface area (Å²) in [5.41, 5.74) is 7.77. The van der Waals surface area contributed by atoms with Gasteiger partial charge in [-0.25, -0.2) is 19.0 Å².